The Morgan fingerprint density at radius 1 is 0.758 bits per heavy atom. The second kappa shape index (κ2) is 24.6. The number of benzene rings is 4. The summed E-state index contributed by atoms with van der Waals surface area (Å²) >= 11 is 3.00. The van der Waals surface area contributed by atoms with Gasteiger partial charge in [-0.2, -0.15) is 0 Å². The van der Waals surface area contributed by atoms with Gasteiger partial charge in [-0.15, -0.1) is 9.24 Å². The Morgan fingerprint density at radius 3 is 2.26 bits per heavy atom. The van der Waals surface area contributed by atoms with E-state index in [4.69, 9.17) is 29.0 Å². The molecule has 0 radical (unpaired) electrons. The molecule has 6 aromatic rings. The first kappa shape index (κ1) is 48.8. The normalized spacial score (nSPS) is 13.0. The van der Waals surface area contributed by atoms with Crippen molar-refractivity contribution in [2.45, 2.75) is 18.7 Å². The van der Waals surface area contributed by atoms with Crippen LogP contribution in [-0.4, -0.2) is 104 Å². The molecule has 3 heterocycles. The summed E-state index contributed by atoms with van der Waals surface area (Å²) < 4.78 is 68.5. The molecule has 0 aliphatic carbocycles. The molecule has 14 nitrogen and oxygen atoms in total. The molecule has 0 spiro atoms. The van der Waals surface area contributed by atoms with Crippen molar-refractivity contribution in [2.75, 3.05) is 93.9 Å². The third kappa shape index (κ3) is 14.0. The van der Waals surface area contributed by atoms with E-state index in [2.05, 4.69) is 49.7 Å². The van der Waals surface area contributed by atoms with Crippen LogP contribution in [0, 0.1) is 31.3 Å². The fourth-order valence-electron chi connectivity index (χ4n) is 6.58. The van der Waals surface area contributed by atoms with Gasteiger partial charge in [-0.3, -0.25) is 19.6 Å². The molecule has 1 atom stereocenters. The smallest absolute Gasteiger partial charge is 0.277 e. The molecule has 7 rings (SSSR count). The van der Waals surface area contributed by atoms with E-state index >= 15 is 0 Å². The number of carbonyl (C=O) groups excluding carboxylic acids is 1. The summed E-state index contributed by atoms with van der Waals surface area (Å²) in [4.78, 5) is 35.5. The highest BCUT2D eigenvalue weighted by Gasteiger charge is 2.21. The lowest BCUT2D eigenvalue weighted by atomic mass is 10.1. The number of nitrogens with zero attached hydrogens (tertiary/aromatic N) is 5. The molecule has 20 heteroatoms. The Morgan fingerprint density at radius 2 is 1.50 bits per heavy atom. The number of hydroxylamine groups is 1. The minimum absolute atomic E-state index is 0.0377. The zero-order valence-electron chi connectivity index (χ0n) is 36.5. The predicted molar refractivity (Wildman–Crippen MR) is 259 cm³/mol. The number of aryl methyl sites for hydroxylation is 2. The molecule has 4 N–H and O–H groups in total. The van der Waals surface area contributed by atoms with Gasteiger partial charge in [-0.1, -0.05) is 18.2 Å². The first-order chi connectivity index (χ1) is 32.1. The number of fused-ring (bicyclic) bond motifs is 1. The number of nitrogens with one attached hydrogen (secondary N) is 4. The van der Waals surface area contributed by atoms with Gasteiger partial charge < -0.3 is 29.1 Å². The number of halogens is 3. The first-order valence-electron chi connectivity index (χ1n) is 21.2. The van der Waals surface area contributed by atoms with E-state index < -0.39 is 17.5 Å². The number of hydrogen-bond donors (Lipinski definition) is 4. The maximum Gasteiger partial charge on any atom is 0.277 e. The van der Waals surface area contributed by atoms with Crippen LogP contribution in [0.1, 0.15) is 21.6 Å². The molecule has 4 aromatic carbocycles. The third-order valence-electron chi connectivity index (χ3n) is 10.2. The van der Waals surface area contributed by atoms with Crippen molar-refractivity contribution < 1.29 is 37.0 Å². The molecule has 1 fully saturated rings. The summed E-state index contributed by atoms with van der Waals surface area (Å²) in [7, 11) is 2.25. The topological polar surface area (TPSA) is 147 Å². The van der Waals surface area contributed by atoms with E-state index in [1.807, 2.05) is 37.5 Å². The molecule has 66 heavy (non-hydrogen) atoms. The lowest BCUT2D eigenvalue weighted by Gasteiger charge is -2.34. The number of carbonyl (C=O) groups is 1. The van der Waals surface area contributed by atoms with Crippen LogP contribution in [0.3, 0.4) is 0 Å². The Balaban J connectivity index is 0.719. The zero-order chi connectivity index (χ0) is 46.3. The van der Waals surface area contributed by atoms with Crippen LogP contribution in [0.2, 0.25) is 0 Å². The molecule has 348 valence electrons. The summed E-state index contributed by atoms with van der Waals surface area (Å²) in [6, 6.07) is 21.8. The monoisotopic (exact) mass is 961 g/mol. The van der Waals surface area contributed by atoms with Crippen molar-refractivity contribution in [1.82, 2.24) is 29.5 Å². The van der Waals surface area contributed by atoms with E-state index in [1.54, 1.807) is 37.3 Å². The molecular formula is C46H51F3N9O5PS2. The average molecular weight is 962 g/mol. The minimum Gasteiger partial charge on any atom is -0.378 e. The van der Waals surface area contributed by atoms with E-state index in [1.165, 1.54) is 48.3 Å². The fourth-order valence-corrected chi connectivity index (χ4v) is 8.23. The quantitative estimate of drug-likeness (QED) is 0.0214. The number of amides is 1. The van der Waals surface area contributed by atoms with Gasteiger partial charge in [0.05, 0.1) is 91.8 Å². The van der Waals surface area contributed by atoms with E-state index in [9.17, 15) is 18.0 Å². The molecule has 0 bridgehead atoms. The Bertz CT molecular complexity index is 2560. The maximum absolute atomic E-state index is 15.0. The number of rotatable bonds is 23. The van der Waals surface area contributed by atoms with Gasteiger partial charge in [-0.25, -0.2) is 32.7 Å². The Kier molecular flexibility index (Phi) is 18.2. The number of pyridine rings is 1. The standard InChI is InChI=1S/C46H51F3N9O5PS2/c1-30-3-10-38(37(48)25-30)54-45-36(9-12-42(64)44(45)49)46(59)55-63-24-23-62-22-21-61-20-19-60-18-13-52-66-58-16-14-57(15-17-58)43-29-51-39-11-4-32(26-41(39)53-43)33-27-40(31(2)50-28-33)56-65-35-7-5-34(47)6-8-35/h3-12,25-29,52,54,56H,13-24,64H2,1-2H3,(H,55,59). The average Bonchev–Trinajstić information content (AvgIpc) is 3.32. The first-order valence-corrected chi connectivity index (χ1v) is 23.4. The van der Waals surface area contributed by atoms with Crippen molar-refractivity contribution in [3.8, 4) is 11.1 Å². The maximum atomic E-state index is 15.0. The zero-order valence-corrected chi connectivity index (χ0v) is 39.2. The molecule has 0 saturated carbocycles. The number of aromatic nitrogens is 3. The highest BCUT2D eigenvalue weighted by atomic mass is 32.2. The molecule has 1 aliphatic rings. The largest absolute Gasteiger partial charge is 0.378 e. The SMILES string of the molecule is Cc1ccc(Nc2c(C(=O)NOCCOCCOCCOCCNSN3CCN(c4cnc5ccc(-c6cnc(C)c(NSc7ccc(F)cc7)c6)cc5n4)CC3)ccc(P)c2F)c(F)c1. The van der Waals surface area contributed by atoms with Gasteiger partial charge in [0, 0.05) is 66.8 Å². The second-order valence-electron chi connectivity index (χ2n) is 15.0. The van der Waals surface area contributed by atoms with Crippen LogP contribution in [0.5, 0.6) is 0 Å². The van der Waals surface area contributed by atoms with E-state index in [0.717, 1.165) is 70.4 Å². The number of ether oxygens (including phenoxy) is 3. The highest BCUT2D eigenvalue weighted by molar-refractivity contribution is 8.00. The van der Waals surface area contributed by atoms with Gasteiger partial charge >= 0.3 is 0 Å². The van der Waals surface area contributed by atoms with Crippen molar-refractivity contribution in [1.29, 1.82) is 0 Å². The van der Waals surface area contributed by atoms with Crippen molar-refractivity contribution in [2.24, 2.45) is 0 Å². The Labute approximate surface area is 392 Å². The van der Waals surface area contributed by atoms with Crippen molar-refractivity contribution in [3.63, 3.8) is 0 Å². The lowest BCUT2D eigenvalue weighted by molar-refractivity contribution is -0.0197. The molecular weight excluding hydrogens is 911 g/mol. The van der Waals surface area contributed by atoms with Crippen LogP contribution < -0.4 is 30.4 Å². The summed E-state index contributed by atoms with van der Waals surface area (Å²) in [6.07, 6.45) is 3.69. The van der Waals surface area contributed by atoms with Crippen LogP contribution in [0.4, 0.5) is 36.1 Å². The molecule has 1 saturated heterocycles. The summed E-state index contributed by atoms with van der Waals surface area (Å²) in [5.74, 6) is -1.39. The second-order valence-corrected chi connectivity index (χ2v) is 17.5. The lowest BCUT2D eigenvalue weighted by Crippen LogP contribution is -2.45. The number of hydrogen-bond acceptors (Lipinski definition) is 15. The van der Waals surface area contributed by atoms with Crippen LogP contribution in [0.25, 0.3) is 22.2 Å². The third-order valence-corrected chi connectivity index (χ3v) is 12.4. The molecule has 1 aliphatic heterocycles. The fraction of sp³-hybridized carbons (Fsp3) is 0.304. The van der Waals surface area contributed by atoms with Gasteiger partial charge in [-0.05, 0) is 97.6 Å². The molecule has 2 aromatic heterocycles. The van der Waals surface area contributed by atoms with Gasteiger partial charge in [0.2, 0.25) is 0 Å². The highest BCUT2D eigenvalue weighted by Crippen LogP contribution is 2.31. The number of piperazine rings is 1. The molecule has 1 amide bonds. The number of anilines is 4. The van der Waals surface area contributed by atoms with Crippen LogP contribution in [-0.2, 0) is 19.0 Å². The van der Waals surface area contributed by atoms with E-state index in [0.29, 0.717) is 45.1 Å². The minimum atomic E-state index is -0.701. The van der Waals surface area contributed by atoms with Crippen LogP contribution in [0.15, 0.2) is 96.2 Å². The van der Waals surface area contributed by atoms with Gasteiger partial charge in [0.15, 0.2) is 5.82 Å². The van der Waals surface area contributed by atoms with Gasteiger partial charge in [0.1, 0.15) is 17.5 Å². The summed E-state index contributed by atoms with van der Waals surface area (Å²) in [5.41, 5.74) is 8.11. The predicted octanol–water partition coefficient (Wildman–Crippen LogP) is 7.78. The van der Waals surface area contributed by atoms with Crippen LogP contribution >= 0.6 is 33.3 Å². The molecule has 1 unspecified atom stereocenters. The summed E-state index contributed by atoms with van der Waals surface area (Å²) in [5, 5.41) is 2.91. The Hall–Kier alpha value is -5.08. The van der Waals surface area contributed by atoms with Gasteiger partial charge in [0.25, 0.3) is 5.91 Å². The summed E-state index contributed by atoms with van der Waals surface area (Å²) in [6.45, 7) is 9.98. The van der Waals surface area contributed by atoms with E-state index in [-0.39, 0.29) is 41.3 Å². The van der Waals surface area contributed by atoms with Crippen molar-refractivity contribution >= 4 is 78.4 Å². The van der Waals surface area contributed by atoms with Crippen molar-refractivity contribution in [3.05, 3.63) is 126 Å².